The van der Waals surface area contributed by atoms with Gasteiger partial charge < -0.3 is 5.73 Å². The van der Waals surface area contributed by atoms with Gasteiger partial charge in [0.1, 0.15) is 5.82 Å². The lowest BCUT2D eigenvalue weighted by Crippen LogP contribution is -2.15. The first-order valence-electron chi connectivity index (χ1n) is 4.51. The van der Waals surface area contributed by atoms with Crippen LogP contribution in [0.3, 0.4) is 0 Å². The molecule has 3 nitrogen and oxygen atoms in total. The first kappa shape index (κ1) is 10.7. The Kier molecular flexibility index (Phi) is 3.45. The molecule has 78 valence electrons. The lowest BCUT2D eigenvalue weighted by molar-refractivity contribution is 0.671. The second-order valence-electron chi connectivity index (χ2n) is 3.11. The van der Waals surface area contributed by atoms with Crippen LogP contribution >= 0.6 is 27.3 Å². The van der Waals surface area contributed by atoms with Crippen molar-refractivity contribution in [2.24, 2.45) is 5.73 Å². The van der Waals surface area contributed by atoms with Gasteiger partial charge in [-0.1, -0.05) is 0 Å². The Morgan fingerprint density at radius 3 is 2.73 bits per heavy atom. The standard InChI is InChI=1S/C10H10BrN3S/c11-7-2-5-15-9(7)6-8(12)10-13-3-1-4-14-10/h1-5,8H,6,12H2. The molecule has 2 aromatic rings. The molecule has 0 radical (unpaired) electrons. The van der Waals surface area contributed by atoms with Crippen LogP contribution in [0.25, 0.3) is 0 Å². The fourth-order valence-electron chi connectivity index (χ4n) is 1.26. The molecule has 0 aliphatic rings. The molecule has 15 heavy (non-hydrogen) atoms. The van der Waals surface area contributed by atoms with Crippen molar-refractivity contribution in [1.82, 2.24) is 9.97 Å². The summed E-state index contributed by atoms with van der Waals surface area (Å²) in [7, 11) is 0. The molecule has 0 aliphatic heterocycles. The maximum Gasteiger partial charge on any atom is 0.145 e. The monoisotopic (exact) mass is 283 g/mol. The number of aromatic nitrogens is 2. The minimum Gasteiger partial charge on any atom is -0.321 e. The fraction of sp³-hybridized carbons (Fsp3) is 0.200. The number of thiophene rings is 1. The number of hydrogen-bond acceptors (Lipinski definition) is 4. The van der Waals surface area contributed by atoms with Gasteiger partial charge >= 0.3 is 0 Å². The molecule has 0 aliphatic carbocycles. The third-order valence-corrected chi connectivity index (χ3v) is 3.96. The van der Waals surface area contributed by atoms with Crippen molar-refractivity contribution in [3.8, 4) is 0 Å². The maximum absolute atomic E-state index is 6.02. The van der Waals surface area contributed by atoms with E-state index in [9.17, 15) is 0 Å². The molecular weight excluding hydrogens is 274 g/mol. The van der Waals surface area contributed by atoms with Gasteiger partial charge in [-0.25, -0.2) is 9.97 Å². The van der Waals surface area contributed by atoms with E-state index in [0.29, 0.717) is 5.82 Å². The smallest absolute Gasteiger partial charge is 0.145 e. The van der Waals surface area contributed by atoms with E-state index < -0.39 is 0 Å². The van der Waals surface area contributed by atoms with Crippen molar-refractivity contribution in [1.29, 1.82) is 0 Å². The summed E-state index contributed by atoms with van der Waals surface area (Å²) >= 11 is 5.17. The van der Waals surface area contributed by atoms with Crippen LogP contribution in [0.1, 0.15) is 16.7 Å². The highest BCUT2D eigenvalue weighted by atomic mass is 79.9. The van der Waals surface area contributed by atoms with Crippen molar-refractivity contribution in [3.05, 3.63) is 45.1 Å². The van der Waals surface area contributed by atoms with Crippen molar-refractivity contribution in [3.63, 3.8) is 0 Å². The lowest BCUT2D eigenvalue weighted by Gasteiger charge is -2.08. The molecule has 0 fully saturated rings. The van der Waals surface area contributed by atoms with Crippen LogP contribution in [-0.4, -0.2) is 9.97 Å². The van der Waals surface area contributed by atoms with E-state index in [1.54, 1.807) is 29.8 Å². The van der Waals surface area contributed by atoms with E-state index in [1.807, 2.05) is 11.4 Å². The van der Waals surface area contributed by atoms with E-state index in [2.05, 4.69) is 25.9 Å². The summed E-state index contributed by atoms with van der Waals surface area (Å²) in [5.74, 6) is 0.692. The van der Waals surface area contributed by atoms with Gasteiger partial charge in [-0.2, -0.15) is 0 Å². The SMILES string of the molecule is NC(Cc1sccc1Br)c1ncccn1. The molecule has 0 amide bonds. The van der Waals surface area contributed by atoms with Crippen molar-refractivity contribution in [2.75, 3.05) is 0 Å². The summed E-state index contributed by atoms with van der Waals surface area (Å²) in [6.07, 6.45) is 4.19. The highest BCUT2D eigenvalue weighted by molar-refractivity contribution is 9.10. The average Bonchev–Trinajstić information content (AvgIpc) is 2.66. The second kappa shape index (κ2) is 4.83. The number of nitrogens with zero attached hydrogens (tertiary/aromatic N) is 2. The van der Waals surface area contributed by atoms with Gasteiger partial charge in [-0.05, 0) is 33.4 Å². The summed E-state index contributed by atoms with van der Waals surface area (Å²) in [4.78, 5) is 9.52. The van der Waals surface area contributed by atoms with Crippen molar-refractivity contribution in [2.45, 2.75) is 12.5 Å². The molecule has 0 saturated carbocycles. The van der Waals surface area contributed by atoms with E-state index >= 15 is 0 Å². The van der Waals surface area contributed by atoms with Gasteiger partial charge in [0, 0.05) is 28.2 Å². The van der Waals surface area contributed by atoms with Crippen molar-refractivity contribution >= 4 is 27.3 Å². The van der Waals surface area contributed by atoms with Crippen molar-refractivity contribution < 1.29 is 0 Å². The molecule has 1 atom stereocenters. The highest BCUT2D eigenvalue weighted by Gasteiger charge is 2.12. The zero-order valence-corrected chi connectivity index (χ0v) is 10.3. The van der Waals surface area contributed by atoms with E-state index in [-0.39, 0.29) is 6.04 Å². The van der Waals surface area contributed by atoms with Crippen LogP contribution in [0, 0.1) is 0 Å². The second-order valence-corrected chi connectivity index (χ2v) is 4.96. The predicted molar refractivity (Wildman–Crippen MR) is 64.7 cm³/mol. The summed E-state index contributed by atoms with van der Waals surface area (Å²) in [6, 6.07) is 3.68. The maximum atomic E-state index is 6.02. The summed E-state index contributed by atoms with van der Waals surface area (Å²) in [5, 5.41) is 2.04. The topological polar surface area (TPSA) is 51.8 Å². The van der Waals surface area contributed by atoms with Crippen LogP contribution in [0.15, 0.2) is 34.4 Å². The van der Waals surface area contributed by atoms with Gasteiger partial charge in [-0.15, -0.1) is 11.3 Å². The first-order chi connectivity index (χ1) is 7.27. The molecule has 2 N–H and O–H groups in total. The number of halogens is 1. The summed E-state index contributed by atoms with van der Waals surface area (Å²) in [5.41, 5.74) is 6.02. The summed E-state index contributed by atoms with van der Waals surface area (Å²) < 4.78 is 1.11. The van der Waals surface area contributed by atoms with E-state index in [4.69, 9.17) is 5.73 Å². The molecule has 5 heteroatoms. The molecule has 2 rings (SSSR count). The third kappa shape index (κ3) is 2.62. The predicted octanol–water partition coefficient (Wildman–Crippen LogP) is 2.54. The molecule has 0 spiro atoms. The number of hydrogen-bond donors (Lipinski definition) is 1. The molecule has 2 aromatic heterocycles. The van der Waals surface area contributed by atoms with Gasteiger partial charge in [0.2, 0.25) is 0 Å². The summed E-state index contributed by atoms with van der Waals surface area (Å²) in [6.45, 7) is 0. The van der Waals surface area contributed by atoms with E-state index in [1.165, 1.54) is 4.88 Å². The number of rotatable bonds is 3. The molecule has 2 heterocycles. The Morgan fingerprint density at radius 1 is 1.40 bits per heavy atom. The first-order valence-corrected chi connectivity index (χ1v) is 6.19. The minimum absolute atomic E-state index is 0.138. The van der Waals surface area contributed by atoms with Crippen LogP contribution in [0.2, 0.25) is 0 Å². The molecule has 1 unspecified atom stereocenters. The molecule has 0 aromatic carbocycles. The third-order valence-electron chi connectivity index (χ3n) is 2.01. The van der Waals surface area contributed by atoms with Gasteiger partial charge in [-0.3, -0.25) is 0 Å². The minimum atomic E-state index is -0.138. The quantitative estimate of drug-likeness (QED) is 0.942. The molecule has 0 bridgehead atoms. The Hall–Kier alpha value is -0.780. The molecule has 0 saturated heterocycles. The number of nitrogens with two attached hydrogens (primary N) is 1. The van der Waals surface area contributed by atoms with Gasteiger partial charge in [0.05, 0.1) is 6.04 Å². The Balaban J connectivity index is 2.11. The molecular formula is C10H10BrN3S. The van der Waals surface area contributed by atoms with E-state index in [0.717, 1.165) is 10.9 Å². The van der Waals surface area contributed by atoms with Crippen LogP contribution in [-0.2, 0) is 6.42 Å². The largest absolute Gasteiger partial charge is 0.321 e. The normalized spacial score (nSPS) is 12.7. The van der Waals surface area contributed by atoms with Crippen LogP contribution < -0.4 is 5.73 Å². The Labute approximate surface area is 101 Å². The average molecular weight is 284 g/mol. The lowest BCUT2D eigenvalue weighted by atomic mass is 10.2. The zero-order chi connectivity index (χ0) is 10.7. The highest BCUT2D eigenvalue weighted by Crippen LogP contribution is 2.26. The Morgan fingerprint density at radius 2 is 2.13 bits per heavy atom. The fourth-order valence-corrected chi connectivity index (χ4v) is 2.84. The van der Waals surface area contributed by atoms with Crippen LogP contribution in [0.5, 0.6) is 0 Å². The Bertz CT molecular complexity index is 429. The van der Waals surface area contributed by atoms with Crippen LogP contribution in [0.4, 0.5) is 0 Å². The zero-order valence-electron chi connectivity index (χ0n) is 7.93. The van der Waals surface area contributed by atoms with Gasteiger partial charge in [0.15, 0.2) is 0 Å². The van der Waals surface area contributed by atoms with Gasteiger partial charge in [0.25, 0.3) is 0 Å².